The molecule has 0 bridgehead atoms. The van der Waals surface area contributed by atoms with Crippen molar-refractivity contribution in [3.05, 3.63) is 163 Å². The normalized spacial score (nSPS) is 22.0. The Hall–Kier alpha value is -5.53. The van der Waals surface area contributed by atoms with E-state index in [1.165, 1.54) is 22.3 Å². The van der Waals surface area contributed by atoms with E-state index in [1.807, 2.05) is 30.3 Å². The average Bonchev–Trinajstić information content (AvgIpc) is 3.38. The fourth-order valence-electron chi connectivity index (χ4n) is 7.32. The fourth-order valence-corrected chi connectivity index (χ4v) is 7.32. The Kier molecular flexibility index (Phi) is 5.59. The molecule has 6 aromatic carbocycles. The minimum atomic E-state index is -0.111. The molecule has 2 aliphatic rings. The number of fused-ring (bicyclic) bond motifs is 6. The lowest BCUT2D eigenvalue weighted by Gasteiger charge is -2.23. The highest BCUT2D eigenvalue weighted by Crippen LogP contribution is 2.57. The first-order chi connectivity index (χ1) is 22.8. The van der Waals surface area contributed by atoms with Gasteiger partial charge in [-0.2, -0.15) is 10.0 Å². The van der Waals surface area contributed by atoms with Gasteiger partial charge in [0.05, 0.1) is 16.4 Å². The van der Waals surface area contributed by atoms with Crippen LogP contribution in [-0.2, 0) is 0 Å². The van der Waals surface area contributed by atoms with E-state index in [9.17, 15) is 0 Å². The molecule has 6 heteroatoms. The first kappa shape index (κ1) is 25.8. The Morgan fingerprint density at radius 3 is 1.96 bits per heavy atom. The van der Waals surface area contributed by atoms with Gasteiger partial charge < -0.3 is 8.98 Å². The standard InChI is InChI=1S/C40H29N5O/c1-4-12-26(13-5-1)27-20-22-30(23-21-27)39-44-37(28-14-6-2-7-15-28)42-40(45(39)44)43-33-19-11-10-18-31(33)35-34(43)25-24-32-36(35)46-38(41-32)29-16-8-3-9-17-29/h1-25,37,39-40,42H. The van der Waals surface area contributed by atoms with Crippen molar-refractivity contribution in [2.24, 2.45) is 0 Å². The second kappa shape index (κ2) is 9.99. The summed E-state index contributed by atoms with van der Waals surface area (Å²) in [5.74, 6) is 0.638. The van der Waals surface area contributed by atoms with Crippen molar-refractivity contribution in [1.82, 2.24) is 24.9 Å². The van der Waals surface area contributed by atoms with Crippen LogP contribution in [-0.4, -0.2) is 19.6 Å². The topological polar surface area (TPSA) is 49.0 Å². The van der Waals surface area contributed by atoms with E-state index >= 15 is 0 Å². The van der Waals surface area contributed by atoms with Crippen molar-refractivity contribution in [3.63, 3.8) is 0 Å². The molecule has 10 rings (SSSR count). The van der Waals surface area contributed by atoms with Crippen LogP contribution in [0.15, 0.2) is 156 Å². The molecule has 6 nitrogen and oxygen atoms in total. The average molecular weight is 596 g/mol. The lowest BCUT2D eigenvalue weighted by molar-refractivity contribution is 0.256. The molecule has 2 aromatic heterocycles. The van der Waals surface area contributed by atoms with Crippen molar-refractivity contribution in [1.29, 1.82) is 0 Å². The largest absolute Gasteiger partial charge is 0.435 e. The molecule has 0 radical (unpaired) electrons. The number of para-hydroxylation sites is 1. The molecule has 0 amide bonds. The SMILES string of the molecule is c1ccc(-c2ccc(C3N4C(c5ccccc5)NC(n5c6ccccc6c6c7oc(-c8ccccc8)nc7ccc65)N34)cc2)cc1. The van der Waals surface area contributed by atoms with E-state index in [1.54, 1.807) is 0 Å². The molecule has 5 atom stereocenters. The second-order valence-corrected chi connectivity index (χ2v) is 12.1. The molecule has 2 fully saturated rings. The molecule has 5 unspecified atom stereocenters. The van der Waals surface area contributed by atoms with Crippen LogP contribution in [0.4, 0.5) is 0 Å². The van der Waals surface area contributed by atoms with Gasteiger partial charge in [-0.15, -0.1) is 0 Å². The smallest absolute Gasteiger partial charge is 0.227 e. The first-order valence-corrected chi connectivity index (χ1v) is 15.7. The summed E-state index contributed by atoms with van der Waals surface area (Å²) in [5, 5.41) is 11.2. The highest BCUT2D eigenvalue weighted by atomic mass is 16.3. The number of aromatic nitrogens is 2. The van der Waals surface area contributed by atoms with E-state index in [0.29, 0.717) is 5.89 Å². The molecular weight excluding hydrogens is 566 g/mol. The molecule has 0 aliphatic carbocycles. The molecule has 8 aromatic rings. The molecule has 1 N–H and O–H groups in total. The minimum Gasteiger partial charge on any atom is -0.435 e. The van der Waals surface area contributed by atoms with Gasteiger partial charge in [0.25, 0.3) is 0 Å². The van der Waals surface area contributed by atoms with Gasteiger partial charge in [0, 0.05) is 10.9 Å². The zero-order chi connectivity index (χ0) is 30.2. The maximum atomic E-state index is 6.55. The number of hydrogen-bond acceptors (Lipinski definition) is 5. The maximum absolute atomic E-state index is 6.55. The monoisotopic (exact) mass is 595 g/mol. The van der Waals surface area contributed by atoms with E-state index in [4.69, 9.17) is 9.40 Å². The van der Waals surface area contributed by atoms with Crippen molar-refractivity contribution < 1.29 is 4.42 Å². The number of hydrogen-bond donors (Lipinski definition) is 1. The molecule has 46 heavy (non-hydrogen) atoms. The van der Waals surface area contributed by atoms with E-state index in [2.05, 4.69) is 141 Å². The number of benzene rings is 6. The number of oxazole rings is 1. The van der Waals surface area contributed by atoms with Gasteiger partial charge in [-0.3, -0.25) is 5.32 Å². The van der Waals surface area contributed by atoms with E-state index < -0.39 is 0 Å². The third-order valence-corrected chi connectivity index (χ3v) is 9.46. The summed E-state index contributed by atoms with van der Waals surface area (Å²) in [5.41, 5.74) is 9.89. The fraction of sp³-hybridized carbons (Fsp3) is 0.0750. The van der Waals surface area contributed by atoms with Crippen molar-refractivity contribution >= 4 is 32.9 Å². The summed E-state index contributed by atoms with van der Waals surface area (Å²) in [6.45, 7) is 0. The molecule has 2 aliphatic heterocycles. The summed E-state index contributed by atoms with van der Waals surface area (Å²) in [6, 6.07) is 53.4. The molecule has 0 spiro atoms. The molecule has 2 saturated heterocycles. The summed E-state index contributed by atoms with van der Waals surface area (Å²) < 4.78 is 8.98. The summed E-state index contributed by atoms with van der Waals surface area (Å²) >= 11 is 0. The summed E-state index contributed by atoms with van der Waals surface area (Å²) in [7, 11) is 0. The van der Waals surface area contributed by atoms with Crippen molar-refractivity contribution in [2.75, 3.05) is 0 Å². The quantitative estimate of drug-likeness (QED) is 0.201. The predicted molar refractivity (Wildman–Crippen MR) is 182 cm³/mol. The second-order valence-electron chi connectivity index (χ2n) is 12.1. The van der Waals surface area contributed by atoms with Crippen LogP contribution in [0, 0.1) is 0 Å². The van der Waals surface area contributed by atoms with Gasteiger partial charge in [0.15, 0.2) is 11.9 Å². The van der Waals surface area contributed by atoms with Gasteiger partial charge in [-0.25, -0.2) is 4.98 Å². The lowest BCUT2D eigenvalue weighted by atomic mass is 10.0. The Bertz CT molecular complexity index is 2360. The van der Waals surface area contributed by atoms with Gasteiger partial charge in [0.1, 0.15) is 17.8 Å². The van der Waals surface area contributed by atoms with Crippen LogP contribution in [0.5, 0.6) is 0 Å². The predicted octanol–water partition coefficient (Wildman–Crippen LogP) is 9.26. The van der Waals surface area contributed by atoms with E-state index in [0.717, 1.165) is 38.5 Å². The molecule has 220 valence electrons. The van der Waals surface area contributed by atoms with Crippen molar-refractivity contribution in [3.8, 4) is 22.6 Å². The third kappa shape index (κ3) is 3.85. The minimum absolute atomic E-state index is 0.0277. The van der Waals surface area contributed by atoms with Crippen LogP contribution in [0.1, 0.15) is 29.7 Å². The highest BCUT2D eigenvalue weighted by molar-refractivity contribution is 6.18. The lowest BCUT2D eigenvalue weighted by Crippen LogP contribution is -2.31. The molecule has 0 saturated carbocycles. The molecular formula is C40H29N5O. The highest BCUT2D eigenvalue weighted by Gasteiger charge is 2.61. The van der Waals surface area contributed by atoms with Crippen LogP contribution in [0.3, 0.4) is 0 Å². The van der Waals surface area contributed by atoms with Crippen LogP contribution >= 0.6 is 0 Å². The van der Waals surface area contributed by atoms with Gasteiger partial charge in [-0.1, -0.05) is 121 Å². The van der Waals surface area contributed by atoms with Crippen LogP contribution in [0.2, 0.25) is 0 Å². The zero-order valence-electron chi connectivity index (χ0n) is 24.9. The van der Waals surface area contributed by atoms with Gasteiger partial charge in [0.2, 0.25) is 5.89 Å². The van der Waals surface area contributed by atoms with Crippen molar-refractivity contribution in [2.45, 2.75) is 18.6 Å². The number of hydrazine groups is 1. The van der Waals surface area contributed by atoms with Crippen LogP contribution < -0.4 is 5.32 Å². The summed E-state index contributed by atoms with van der Waals surface area (Å²) in [6.07, 6.45) is 0.0523. The van der Waals surface area contributed by atoms with Crippen LogP contribution in [0.25, 0.3) is 55.5 Å². The maximum Gasteiger partial charge on any atom is 0.227 e. The first-order valence-electron chi connectivity index (χ1n) is 15.7. The Morgan fingerprint density at radius 1 is 0.543 bits per heavy atom. The third-order valence-electron chi connectivity index (χ3n) is 9.46. The molecule has 4 heterocycles. The Balaban J connectivity index is 1.12. The Morgan fingerprint density at radius 2 is 1.20 bits per heavy atom. The Labute approximate surface area is 265 Å². The summed E-state index contributed by atoms with van der Waals surface area (Å²) in [4.78, 5) is 4.89. The van der Waals surface area contributed by atoms with E-state index in [-0.39, 0.29) is 18.6 Å². The number of nitrogens with one attached hydrogen (secondary N) is 1. The number of nitrogens with zero attached hydrogens (tertiary/aromatic N) is 4. The van der Waals surface area contributed by atoms with Gasteiger partial charge in [-0.05, 0) is 52.6 Å². The zero-order valence-corrected chi connectivity index (χ0v) is 24.9. The number of rotatable bonds is 5. The van der Waals surface area contributed by atoms with Gasteiger partial charge >= 0.3 is 0 Å².